The molecule has 0 radical (unpaired) electrons. The van der Waals surface area contributed by atoms with E-state index in [1.807, 2.05) is 19.9 Å². The molecule has 2 atom stereocenters. The normalized spacial score (nSPS) is 21.7. The molecule has 0 saturated heterocycles. The van der Waals surface area contributed by atoms with E-state index in [1.165, 1.54) is 0 Å². The monoisotopic (exact) mass is 253 g/mol. The number of rotatable bonds is 2. The highest BCUT2D eigenvalue weighted by Gasteiger charge is 2.22. The van der Waals surface area contributed by atoms with Crippen LogP contribution in [-0.2, 0) is 17.2 Å². The van der Waals surface area contributed by atoms with Crippen molar-refractivity contribution in [3.8, 4) is 0 Å². The van der Waals surface area contributed by atoms with Crippen molar-refractivity contribution < 1.29 is 9.32 Å². The van der Waals surface area contributed by atoms with E-state index in [1.54, 1.807) is 0 Å². The second kappa shape index (κ2) is 5.27. The van der Waals surface area contributed by atoms with E-state index in [-0.39, 0.29) is 0 Å². The van der Waals surface area contributed by atoms with E-state index < -0.39 is 16.9 Å². The zero-order valence-electron chi connectivity index (χ0n) is 10.4. The maximum absolute atomic E-state index is 12.1. The molecule has 2 rings (SSSR count). The van der Waals surface area contributed by atoms with Crippen molar-refractivity contribution in [3.05, 3.63) is 23.0 Å². The smallest absolute Gasteiger partial charge is 0.0963 e. The Morgan fingerprint density at radius 2 is 2.29 bits per heavy atom. The van der Waals surface area contributed by atoms with E-state index in [4.69, 9.17) is 0 Å². The van der Waals surface area contributed by atoms with Gasteiger partial charge in [-0.2, -0.15) is 0 Å². The molecule has 0 saturated carbocycles. The van der Waals surface area contributed by atoms with E-state index in [0.29, 0.717) is 5.75 Å². The van der Waals surface area contributed by atoms with Crippen molar-refractivity contribution in [2.75, 3.05) is 5.75 Å². The van der Waals surface area contributed by atoms with E-state index >= 15 is 0 Å². The summed E-state index contributed by atoms with van der Waals surface area (Å²) in [7, 11) is -0.964. The van der Waals surface area contributed by atoms with Crippen LogP contribution in [0.25, 0.3) is 0 Å². The van der Waals surface area contributed by atoms with Crippen LogP contribution in [0, 0.1) is 6.92 Å². The summed E-state index contributed by atoms with van der Waals surface area (Å²) in [4.78, 5) is 5.33. The molecular weight excluding hydrogens is 234 g/mol. The lowest BCUT2D eigenvalue weighted by atomic mass is 10.1. The molecule has 0 amide bonds. The second-order valence-corrected chi connectivity index (χ2v) is 6.23. The SMILES string of the molecule is CCS(=O)c1cc(C)nc2c1CCCCC2O. The quantitative estimate of drug-likeness (QED) is 0.823. The fourth-order valence-electron chi connectivity index (χ4n) is 2.35. The minimum atomic E-state index is -0.964. The van der Waals surface area contributed by atoms with Gasteiger partial charge in [0.25, 0.3) is 0 Å². The van der Waals surface area contributed by atoms with Crippen LogP contribution in [-0.4, -0.2) is 20.1 Å². The molecule has 0 fully saturated rings. The Labute approximate surface area is 105 Å². The molecule has 1 N–H and O–H groups in total. The molecule has 2 unspecified atom stereocenters. The van der Waals surface area contributed by atoms with Crippen molar-refractivity contribution in [3.63, 3.8) is 0 Å². The Bertz CT molecular complexity index is 445. The summed E-state index contributed by atoms with van der Waals surface area (Å²) in [5, 5.41) is 10.1. The second-order valence-electron chi connectivity index (χ2n) is 4.52. The summed E-state index contributed by atoms with van der Waals surface area (Å²) >= 11 is 0. The van der Waals surface area contributed by atoms with Crippen molar-refractivity contribution in [2.45, 2.75) is 50.5 Å². The first-order chi connectivity index (χ1) is 8.13. The number of hydrogen-bond donors (Lipinski definition) is 1. The molecule has 94 valence electrons. The molecule has 1 aromatic rings. The molecule has 1 aliphatic carbocycles. The summed E-state index contributed by atoms with van der Waals surface area (Å²) < 4.78 is 12.1. The fourth-order valence-corrected chi connectivity index (χ4v) is 3.45. The fraction of sp³-hybridized carbons (Fsp3) is 0.615. The van der Waals surface area contributed by atoms with Crippen molar-refractivity contribution in [1.82, 2.24) is 4.98 Å². The lowest BCUT2D eigenvalue weighted by Gasteiger charge is -2.15. The largest absolute Gasteiger partial charge is 0.387 e. The van der Waals surface area contributed by atoms with Gasteiger partial charge in [-0.1, -0.05) is 13.3 Å². The molecule has 1 aliphatic rings. The molecule has 1 heterocycles. The van der Waals surface area contributed by atoms with E-state index in [0.717, 1.165) is 47.5 Å². The van der Waals surface area contributed by atoms with Gasteiger partial charge in [-0.3, -0.25) is 9.19 Å². The van der Waals surface area contributed by atoms with E-state index in [9.17, 15) is 9.32 Å². The zero-order chi connectivity index (χ0) is 12.4. The topological polar surface area (TPSA) is 50.2 Å². The van der Waals surface area contributed by atoms with Gasteiger partial charge in [0, 0.05) is 16.3 Å². The maximum atomic E-state index is 12.1. The van der Waals surface area contributed by atoms with Crippen molar-refractivity contribution >= 4 is 10.8 Å². The van der Waals surface area contributed by atoms with Crippen molar-refractivity contribution in [1.29, 1.82) is 0 Å². The van der Waals surface area contributed by atoms with Crippen LogP contribution in [0.3, 0.4) is 0 Å². The average Bonchev–Trinajstić information content (AvgIpc) is 2.50. The van der Waals surface area contributed by atoms with Crippen LogP contribution in [0.2, 0.25) is 0 Å². The van der Waals surface area contributed by atoms with E-state index in [2.05, 4.69) is 4.98 Å². The summed E-state index contributed by atoms with van der Waals surface area (Å²) in [6.45, 7) is 3.82. The third-order valence-corrected chi connectivity index (χ3v) is 4.60. The molecule has 1 aromatic heterocycles. The standard InChI is InChI=1S/C13H19NO2S/c1-3-17(16)12-8-9(2)14-13-10(12)6-4-5-7-11(13)15/h8,11,15H,3-7H2,1-2H3. The van der Waals surface area contributed by atoms with Gasteiger partial charge in [0.1, 0.15) is 0 Å². The molecule has 17 heavy (non-hydrogen) atoms. The Morgan fingerprint density at radius 1 is 1.53 bits per heavy atom. The van der Waals surface area contributed by atoms with Gasteiger partial charge < -0.3 is 5.11 Å². The lowest BCUT2D eigenvalue weighted by Crippen LogP contribution is -2.09. The molecule has 3 nitrogen and oxygen atoms in total. The Hall–Kier alpha value is -0.740. The number of nitrogens with zero attached hydrogens (tertiary/aromatic N) is 1. The molecular formula is C13H19NO2S. The number of aryl methyl sites for hydroxylation is 1. The molecule has 0 aromatic carbocycles. The van der Waals surface area contributed by atoms with Gasteiger partial charge in [-0.05, 0) is 37.8 Å². The molecule has 0 aliphatic heterocycles. The third-order valence-electron chi connectivity index (χ3n) is 3.22. The van der Waals surface area contributed by atoms with Gasteiger partial charge in [-0.25, -0.2) is 0 Å². The minimum absolute atomic E-state index is 0.486. The van der Waals surface area contributed by atoms with Crippen LogP contribution >= 0.6 is 0 Å². The van der Waals surface area contributed by atoms with Gasteiger partial charge in [0.2, 0.25) is 0 Å². The summed E-state index contributed by atoms with van der Waals surface area (Å²) in [6, 6.07) is 1.91. The summed E-state index contributed by atoms with van der Waals surface area (Å²) in [5.41, 5.74) is 2.64. The van der Waals surface area contributed by atoms with Gasteiger partial charge in [0.15, 0.2) is 0 Å². The number of hydrogen-bond acceptors (Lipinski definition) is 3. The first-order valence-electron chi connectivity index (χ1n) is 6.20. The van der Waals surface area contributed by atoms with Crippen LogP contribution < -0.4 is 0 Å². The Balaban J connectivity index is 2.57. The Morgan fingerprint density at radius 3 is 3.00 bits per heavy atom. The summed E-state index contributed by atoms with van der Waals surface area (Å²) in [6.07, 6.45) is 3.22. The first-order valence-corrected chi connectivity index (χ1v) is 7.52. The van der Waals surface area contributed by atoms with Gasteiger partial charge in [0.05, 0.1) is 22.6 Å². The summed E-state index contributed by atoms with van der Waals surface area (Å²) in [5.74, 6) is 0.617. The highest BCUT2D eigenvalue weighted by Crippen LogP contribution is 2.31. The molecule has 0 bridgehead atoms. The predicted molar refractivity (Wildman–Crippen MR) is 68.4 cm³/mol. The molecule has 4 heteroatoms. The molecule has 0 spiro atoms. The third kappa shape index (κ3) is 2.58. The number of fused-ring (bicyclic) bond motifs is 1. The first kappa shape index (κ1) is 12.7. The van der Waals surface area contributed by atoms with Crippen LogP contribution in [0.5, 0.6) is 0 Å². The lowest BCUT2D eigenvalue weighted by molar-refractivity contribution is 0.161. The highest BCUT2D eigenvalue weighted by molar-refractivity contribution is 7.85. The van der Waals surface area contributed by atoms with Crippen LogP contribution in [0.4, 0.5) is 0 Å². The number of aromatic nitrogens is 1. The highest BCUT2D eigenvalue weighted by atomic mass is 32.2. The van der Waals surface area contributed by atoms with Gasteiger partial charge in [-0.15, -0.1) is 0 Å². The number of aliphatic hydroxyl groups excluding tert-OH is 1. The van der Waals surface area contributed by atoms with Crippen molar-refractivity contribution in [2.24, 2.45) is 0 Å². The predicted octanol–water partition coefficient (Wildman–Crippen LogP) is 2.28. The zero-order valence-corrected chi connectivity index (χ0v) is 11.2. The maximum Gasteiger partial charge on any atom is 0.0963 e. The number of aliphatic hydroxyl groups is 1. The Kier molecular flexibility index (Phi) is 3.94. The van der Waals surface area contributed by atoms with Crippen LogP contribution in [0.15, 0.2) is 11.0 Å². The number of pyridine rings is 1. The average molecular weight is 253 g/mol. The van der Waals surface area contributed by atoms with Crippen LogP contribution in [0.1, 0.15) is 49.2 Å². The minimum Gasteiger partial charge on any atom is -0.387 e. The van der Waals surface area contributed by atoms with Gasteiger partial charge >= 0.3 is 0 Å².